The van der Waals surface area contributed by atoms with Gasteiger partial charge in [-0.25, -0.2) is 14.2 Å². The molecule has 3 rings (SSSR count). The zero-order chi connectivity index (χ0) is 15.0. The summed E-state index contributed by atoms with van der Waals surface area (Å²) in [6.45, 7) is 0. The number of carbonyl (C=O) groups excluding carboxylic acids is 1. The molecule has 2 heterocycles. The van der Waals surface area contributed by atoms with Gasteiger partial charge in [-0.15, -0.1) is 0 Å². The number of rotatable bonds is 2. The van der Waals surface area contributed by atoms with E-state index in [0.29, 0.717) is 29.4 Å². The summed E-state index contributed by atoms with van der Waals surface area (Å²) in [4.78, 5) is 16.3. The molecule has 0 aliphatic carbocycles. The summed E-state index contributed by atoms with van der Waals surface area (Å²) in [6, 6.07) is 5.82. The van der Waals surface area contributed by atoms with E-state index in [1.54, 1.807) is 22.8 Å². The van der Waals surface area contributed by atoms with Gasteiger partial charge in [0.1, 0.15) is 17.7 Å². The Morgan fingerprint density at radius 2 is 2.24 bits per heavy atom. The number of hydrogen-bond acceptors (Lipinski definition) is 3. The van der Waals surface area contributed by atoms with Crippen molar-refractivity contribution in [3.8, 4) is 11.4 Å². The minimum atomic E-state index is -0.506. The lowest BCUT2D eigenvalue weighted by atomic mass is 10.0. The van der Waals surface area contributed by atoms with Crippen molar-refractivity contribution in [1.29, 1.82) is 0 Å². The van der Waals surface area contributed by atoms with Gasteiger partial charge < -0.3 is 9.30 Å². The smallest absolute Gasteiger partial charge is 0.328 e. The number of nitrogens with zero attached hydrogens (tertiary/aromatic N) is 2. The first-order valence-electron chi connectivity index (χ1n) is 6.72. The van der Waals surface area contributed by atoms with Crippen molar-refractivity contribution in [2.75, 3.05) is 7.11 Å². The summed E-state index contributed by atoms with van der Waals surface area (Å²) in [5.41, 5.74) is 1.10. The molecule has 0 radical (unpaired) electrons. The van der Waals surface area contributed by atoms with E-state index in [4.69, 9.17) is 16.3 Å². The van der Waals surface area contributed by atoms with Crippen LogP contribution in [0.15, 0.2) is 24.3 Å². The van der Waals surface area contributed by atoms with Crippen LogP contribution in [0, 0.1) is 5.82 Å². The van der Waals surface area contributed by atoms with E-state index >= 15 is 0 Å². The summed E-state index contributed by atoms with van der Waals surface area (Å²) < 4.78 is 20.6. The first kappa shape index (κ1) is 14.1. The van der Waals surface area contributed by atoms with E-state index in [1.807, 2.05) is 0 Å². The number of fused-ring (bicyclic) bond motifs is 1. The molecule has 1 atom stereocenters. The van der Waals surface area contributed by atoms with Crippen molar-refractivity contribution in [2.24, 2.45) is 0 Å². The van der Waals surface area contributed by atoms with Gasteiger partial charge in [0.2, 0.25) is 0 Å². The fraction of sp³-hybridized carbons (Fsp3) is 0.333. The normalized spacial score (nSPS) is 17.4. The average Bonchev–Trinajstić information content (AvgIpc) is 2.84. The molecular formula is C15H14ClFN2O2. The number of benzene rings is 1. The predicted octanol–water partition coefficient (Wildman–Crippen LogP) is 3.39. The van der Waals surface area contributed by atoms with Gasteiger partial charge in [-0.1, -0.05) is 23.7 Å². The molecule has 4 nitrogen and oxygen atoms in total. The molecule has 0 bridgehead atoms. The fourth-order valence-electron chi connectivity index (χ4n) is 2.78. The Hall–Kier alpha value is -1.88. The van der Waals surface area contributed by atoms with Crippen LogP contribution >= 0.6 is 11.6 Å². The number of halogens is 2. The van der Waals surface area contributed by atoms with Gasteiger partial charge in [-0.05, 0) is 31.4 Å². The van der Waals surface area contributed by atoms with Gasteiger partial charge in [0.05, 0.1) is 18.4 Å². The number of imidazole rings is 1. The van der Waals surface area contributed by atoms with Crippen LogP contribution in [0.4, 0.5) is 4.39 Å². The summed E-state index contributed by atoms with van der Waals surface area (Å²) in [5, 5.41) is 0.321. The Bertz CT molecular complexity index is 699. The topological polar surface area (TPSA) is 44.1 Å². The van der Waals surface area contributed by atoms with Crippen molar-refractivity contribution in [2.45, 2.75) is 25.3 Å². The second-order valence-corrected chi connectivity index (χ2v) is 5.31. The number of aromatic nitrogens is 2. The molecule has 1 aliphatic rings. The lowest BCUT2D eigenvalue weighted by molar-refractivity contribution is -0.145. The first-order chi connectivity index (χ1) is 10.1. The lowest BCUT2D eigenvalue weighted by Gasteiger charge is -2.25. The third-order valence-electron chi connectivity index (χ3n) is 3.75. The Labute approximate surface area is 126 Å². The van der Waals surface area contributed by atoms with E-state index in [2.05, 4.69) is 4.98 Å². The summed E-state index contributed by atoms with van der Waals surface area (Å²) in [6.07, 6.45) is 2.17. The molecule has 21 heavy (non-hydrogen) atoms. The highest BCUT2D eigenvalue weighted by atomic mass is 35.5. The molecule has 2 aromatic rings. The molecule has 0 saturated heterocycles. The third kappa shape index (κ3) is 2.31. The number of methoxy groups -OCH3 is 1. The fourth-order valence-corrected chi connectivity index (χ4v) is 3.05. The number of hydrogen-bond donors (Lipinski definition) is 0. The van der Waals surface area contributed by atoms with Crippen LogP contribution in [0.3, 0.4) is 0 Å². The Balaban J connectivity index is 2.20. The molecule has 0 fully saturated rings. The molecule has 1 aromatic carbocycles. The molecule has 6 heteroatoms. The molecule has 110 valence electrons. The maximum Gasteiger partial charge on any atom is 0.328 e. The Kier molecular flexibility index (Phi) is 3.68. The lowest BCUT2D eigenvalue weighted by Crippen LogP contribution is -2.26. The maximum atomic E-state index is 14.1. The SMILES string of the molecule is COC(=O)C1CCCc2c(Cl)nc(-c3ccccc3F)n21. The molecule has 1 unspecified atom stereocenters. The van der Waals surface area contributed by atoms with E-state index in [0.717, 1.165) is 12.1 Å². The van der Waals surface area contributed by atoms with E-state index in [1.165, 1.54) is 13.2 Å². The Morgan fingerprint density at radius 3 is 2.95 bits per heavy atom. The van der Waals surface area contributed by atoms with Crippen molar-refractivity contribution < 1.29 is 13.9 Å². The van der Waals surface area contributed by atoms with Crippen molar-refractivity contribution in [3.63, 3.8) is 0 Å². The highest BCUT2D eigenvalue weighted by Gasteiger charge is 2.32. The van der Waals surface area contributed by atoms with Crippen molar-refractivity contribution in [1.82, 2.24) is 9.55 Å². The second-order valence-electron chi connectivity index (χ2n) is 4.95. The van der Waals surface area contributed by atoms with Crippen LogP contribution in [0.2, 0.25) is 5.15 Å². The van der Waals surface area contributed by atoms with Crippen LogP contribution in [-0.4, -0.2) is 22.6 Å². The third-order valence-corrected chi connectivity index (χ3v) is 4.05. The van der Waals surface area contributed by atoms with Gasteiger partial charge in [0.25, 0.3) is 0 Å². The van der Waals surface area contributed by atoms with Gasteiger partial charge in [0, 0.05) is 0 Å². The van der Waals surface area contributed by atoms with E-state index in [9.17, 15) is 9.18 Å². The van der Waals surface area contributed by atoms with Crippen LogP contribution < -0.4 is 0 Å². The van der Waals surface area contributed by atoms with Gasteiger partial charge in [0.15, 0.2) is 5.15 Å². The van der Waals surface area contributed by atoms with Gasteiger partial charge in [-0.2, -0.15) is 0 Å². The predicted molar refractivity (Wildman–Crippen MR) is 76.6 cm³/mol. The summed E-state index contributed by atoms with van der Waals surface area (Å²) >= 11 is 6.17. The zero-order valence-electron chi connectivity index (χ0n) is 11.5. The number of carbonyl (C=O) groups is 1. The summed E-state index contributed by atoms with van der Waals surface area (Å²) in [5.74, 6) is -0.373. The van der Waals surface area contributed by atoms with Crippen molar-refractivity contribution >= 4 is 17.6 Å². The van der Waals surface area contributed by atoms with Crippen molar-refractivity contribution in [3.05, 3.63) is 40.9 Å². The molecular weight excluding hydrogens is 295 g/mol. The minimum Gasteiger partial charge on any atom is -0.467 e. The monoisotopic (exact) mass is 308 g/mol. The number of ether oxygens (including phenoxy) is 1. The standard InChI is InChI=1S/C15H14ClFN2O2/c1-21-15(20)12-8-4-7-11-13(16)18-14(19(11)12)9-5-2-3-6-10(9)17/h2-3,5-6,12H,4,7-8H2,1H3. The van der Waals surface area contributed by atoms with E-state index < -0.39 is 11.9 Å². The number of esters is 1. The highest BCUT2D eigenvalue weighted by Crippen LogP contribution is 2.36. The van der Waals surface area contributed by atoms with E-state index in [-0.39, 0.29) is 5.97 Å². The van der Waals surface area contributed by atoms with Crippen LogP contribution in [0.5, 0.6) is 0 Å². The molecule has 0 spiro atoms. The molecule has 0 N–H and O–H groups in total. The quantitative estimate of drug-likeness (QED) is 0.799. The highest BCUT2D eigenvalue weighted by molar-refractivity contribution is 6.30. The van der Waals surface area contributed by atoms with Crippen LogP contribution in [0.1, 0.15) is 24.6 Å². The molecule has 1 aliphatic heterocycles. The Morgan fingerprint density at radius 1 is 1.48 bits per heavy atom. The largest absolute Gasteiger partial charge is 0.467 e. The van der Waals surface area contributed by atoms with Gasteiger partial charge in [-0.3, -0.25) is 0 Å². The summed E-state index contributed by atoms with van der Waals surface area (Å²) in [7, 11) is 1.35. The molecule has 1 aromatic heterocycles. The van der Waals surface area contributed by atoms with Crippen LogP contribution in [0.25, 0.3) is 11.4 Å². The molecule has 0 amide bonds. The first-order valence-corrected chi connectivity index (χ1v) is 7.10. The zero-order valence-corrected chi connectivity index (χ0v) is 12.2. The average molecular weight is 309 g/mol. The maximum absolute atomic E-state index is 14.1. The molecule has 0 saturated carbocycles. The van der Waals surface area contributed by atoms with Crippen LogP contribution in [-0.2, 0) is 16.0 Å². The minimum absolute atomic E-state index is 0.321. The van der Waals surface area contributed by atoms with Gasteiger partial charge >= 0.3 is 5.97 Å². The second kappa shape index (κ2) is 5.48.